The maximum absolute atomic E-state index is 12.6. The van der Waals surface area contributed by atoms with Crippen molar-refractivity contribution in [3.05, 3.63) is 11.9 Å². The van der Waals surface area contributed by atoms with E-state index in [0.717, 1.165) is 0 Å². The Morgan fingerprint density at radius 3 is 1.22 bits per heavy atom. The third-order valence-corrected chi connectivity index (χ3v) is 1.65. The molecule has 0 aromatic rings. The topological polar surface area (TPSA) is 18.5 Å². The van der Waals surface area contributed by atoms with Crippen LogP contribution >= 0.6 is 0 Å². The van der Waals surface area contributed by atoms with Gasteiger partial charge in [-0.3, -0.25) is 0 Å². The van der Waals surface area contributed by atoms with E-state index in [1.807, 2.05) is 0 Å². The third kappa shape index (κ3) is 4.82. The molecule has 0 aliphatic heterocycles. The van der Waals surface area contributed by atoms with Gasteiger partial charge in [0.25, 0.3) is 5.83 Å². The molecule has 23 heavy (non-hydrogen) atoms. The maximum atomic E-state index is 12.6. The Morgan fingerprint density at radius 2 is 0.913 bits per heavy atom. The van der Waals surface area contributed by atoms with E-state index >= 15 is 0 Å². The van der Waals surface area contributed by atoms with Crippen molar-refractivity contribution >= 4 is 0 Å². The quantitative estimate of drug-likeness (QED) is 0.600. The third-order valence-electron chi connectivity index (χ3n) is 1.65. The molecule has 0 amide bonds. The Hall–Kier alpha value is -1.32. The molecule has 0 atom stereocenters. The highest BCUT2D eigenvalue weighted by molar-refractivity contribution is 5.01. The van der Waals surface area contributed by atoms with Crippen LogP contribution in [0, 0.1) is 0 Å². The minimum absolute atomic E-state index is 1.36. The van der Waals surface area contributed by atoms with Gasteiger partial charge in [-0.05, 0) is 0 Å². The Morgan fingerprint density at radius 1 is 0.565 bits per heavy atom. The smallest absolute Gasteiger partial charge is 0.244 e. The largest absolute Gasteiger partial charge is 0.527 e. The summed E-state index contributed by atoms with van der Waals surface area (Å²) in [6, 6.07) is 0. The first-order chi connectivity index (χ1) is 9.77. The molecule has 0 heterocycles. The molecule has 0 aromatic heterocycles. The second kappa shape index (κ2) is 5.95. The molecule has 0 aromatic carbocycles. The SMILES string of the molecule is FC(F)=C(F)C(F)(F)OC(F)(F)C(F)(F)C(F)(F)OC(F)(F)F. The van der Waals surface area contributed by atoms with Crippen molar-refractivity contribution < 1.29 is 70.9 Å². The minimum atomic E-state index is -7.47. The average molecular weight is 382 g/mol. The highest BCUT2D eigenvalue weighted by atomic mass is 19.4. The van der Waals surface area contributed by atoms with Crippen molar-refractivity contribution in [1.82, 2.24) is 0 Å². The van der Waals surface area contributed by atoms with Crippen LogP contribution in [0.25, 0.3) is 0 Å². The summed E-state index contributed by atoms with van der Waals surface area (Å²) >= 11 is 0. The molecule has 16 heteroatoms. The van der Waals surface area contributed by atoms with Crippen molar-refractivity contribution in [3.63, 3.8) is 0 Å². The van der Waals surface area contributed by atoms with Gasteiger partial charge in [0.05, 0.1) is 0 Å². The van der Waals surface area contributed by atoms with Gasteiger partial charge in [0.15, 0.2) is 0 Å². The van der Waals surface area contributed by atoms with Gasteiger partial charge in [-0.25, -0.2) is 9.47 Å². The molecule has 0 rings (SSSR count). The van der Waals surface area contributed by atoms with Crippen LogP contribution in [0.1, 0.15) is 0 Å². The lowest BCUT2D eigenvalue weighted by Gasteiger charge is -2.33. The predicted octanol–water partition coefficient (Wildman–Crippen LogP) is 5.03. The number of ether oxygens (including phenoxy) is 2. The first-order valence-corrected chi connectivity index (χ1v) is 4.46. The zero-order valence-corrected chi connectivity index (χ0v) is 9.61. The van der Waals surface area contributed by atoms with Gasteiger partial charge in [-0.1, -0.05) is 0 Å². The zero-order chi connectivity index (χ0) is 19.1. The van der Waals surface area contributed by atoms with Crippen molar-refractivity contribution in [2.24, 2.45) is 0 Å². The summed E-state index contributed by atoms with van der Waals surface area (Å²) in [5.41, 5.74) is 0. The summed E-state index contributed by atoms with van der Waals surface area (Å²) in [6.07, 6.45) is -31.7. The molecule has 0 aliphatic rings. The van der Waals surface area contributed by atoms with E-state index in [1.54, 1.807) is 4.74 Å². The standard InChI is InChI=1S/C7F14O2/c8-1(2(9)10)3(11,12)22-5(15,16)4(13,14)6(17,18)23-7(19,20)21. The van der Waals surface area contributed by atoms with Crippen LogP contribution < -0.4 is 0 Å². The number of rotatable bonds is 6. The van der Waals surface area contributed by atoms with Crippen molar-refractivity contribution in [2.45, 2.75) is 30.6 Å². The van der Waals surface area contributed by atoms with Gasteiger partial charge in [0.1, 0.15) is 0 Å². The summed E-state index contributed by atoms with van der Waals surface area (Å²) in [6.45, 7) is 0. The molecule has 0 fully saturated rings. The Kier molecular flexibility index (Phi) is 5.61. The second-order valence-electron chi connectivity index (χ2n) is 3.35. The summed E-state index contributed by atoms with van der Waals surface area (Å²) in [5.74, 6) is -11.6. The molecule has 0 unspecified atom stereocenters. The molecule has 0 radical (unpaired) electrons. The molecule has 138 valence electrons. The normalized spacial score (nSPS) is 14.9. The van der Waals surface area contributed by atoms with Crippen LogP contribution in [-0.4, -0.2) is 30.6 Å². The summed E-state index contributed by atoms with van der Waals surface area (Å²) < 4.78 is 172. The Bertz CT molecular complexity index is 458. The number of hydrogen-bond acceptors (Lipinski definition) is 2. The fourth-order valence-electron chi connectivity index (χ4n) is 0.759. The Labute approximate surface area is 115 Å². The lowest BCUT2D eigenvalue weighted by molar-refractivity contribution is -0.522. The lowest BCUT2D eigenvalue weighted by atomic mass is 10.3. The van der Waals surface area contributed by atoms with Crippen molar-refractivity contribution in [1.29, 1.82) is 0 Å². The van der Waals surface area contributed by atoms with Gasteiger partial charge in [-0.2, -0.15) is 48.3 Å². The number of halogens is 14. The molecule has 0 bridgehead atoms. The molecular formula is C7F14O2. The van der Waals surface area contributed by atoms with E-state index in [0.29, 0.717) is 0 Å². The van der Waals surface area contributed by atoms with Gasteiger partial charge >= 0.3 is 36.7 Å². The molecular weight excluding hydrogens is 382 g/mol. The summed E-state index contributed by atoms with van der Waals surface area (Å²) in [4.78, 5) is 0. The fraction of sp³-hybridized carbons (Fsp3) is 0.714. The van der Waals surface area contributed by atoms with Crippen LogP contribution in [0.2, 0.25) is 0 Å². The van der Waals surface area contributed by atoms with Crippen LogP contribution in [0.3, 0.4) is 0 Å². The van der Waals surface area contributed by atoms with Crippen LogP contribution in [0.4, 0.5) is 61.5 Å². The molecule has 0 aliphatic carbocycles. The fourth-order valence-corrected chi connectivity index (χ4v) is 0.759. The van der Waals surface area contributed by atoms with Crippen molar-refractivity contribution in [2.75, 3.05) is 0 Å². The van der Waals surface area contributed by atoms with E-state index in [9.17, 15) is 61.5 Å². The summed E-state index contributed by atoms with van der Waals surface area (Å²) in [7, 11) is 0. The predicted molar refractivity (Wildman–Crippen MR) is 38.4 cm³/mol. The van der Waals surface area contributed by atoms with Gasteiger partial charge < -0.3 is 0 Å². The van der Waals surface area contributed by atoms with E-state index in [4.69, 9.17) is 0 Å². The highest BCUT2D eigenvalue weighted by Gasteiger charge is 2.78. The Balaban J connectivity index is 5.68. The van der Waals surface area contributed by atoms with Crippen LogP contribution in [0.5, 0.6) is 0 Å². The van der Waals surface area contributed by atoms with E-state index in [-0.39, 0.29) is 0 Å². The first kappa shape index (κ1) is 21.7. The highest BCUT2D eigenvalue weighted by Crippen LogP contribution is 2.51. The maximum Gasteiger partial charge on any atom is 0.527 e. The van der Waals surface area contributed by atoms with Crippen LogP contribution in [-0.2, 0) is 9.47 Å². The van der Waals surface area contributed by atoms with E-state index in [2.05, 4.69) is 0 Å². The van der Waals surface area contributed by atoms with Crippen LogP contribution in [0.15, 0.2) is 11.9 Å². The minimum Gasteiger partial charge on any atom is -0.244 e. The average Bonchev–Trinajstić information content (AvgIpc) is 2.22. The van der Waals surface area contributed by atoms with E-state index < -0.39 is 42.5 Å². The zero-order valence-electron chi connectivity index (χ0n) is 9.61. The van der Waals surface area contributed by atoms with Crippen molar-refractivity contribution in [3.8, 4) is 0 Å². The lowest BCUT2D eigenvalue weighted by Crippen LogP contribution is -2.59. The van der Waals surface area contributed by atoms with E-state index in [1.165, 1.54) is 4.74 Å². The number of hydrogen-bond donors (Lipinski definition) is 0. The van der Waals surface area contributed by atoms with Gasteiger partial charge in [0.2, 0.25) is 0 Å². The molecule has 0 N–H and O–H groups in total. The molecule has 2 nitrogen and oxygen atoms in total. The monoisotopic (exact) mass is 382 g/mol. The summed E-state index contributed by atoms with van der Waals surface area (Å²) in [5, 5.41) is 0. The first-order valence-electron chi connectivity index (χ1n) is 4.46. The molecule has 0 saturated carbocycles. The molecule has 0 spiro atoms. The van der Waals surface area contributed by atoms with Gasteiger partial charge in [0, 0.05) is 0 Å². The second-order valence-corrected chi connectivity index (χ2v) is 3.35. The molecule has 0 saturated heterocycles. The number of alkyl halides is 11. The van der Waals surface area contributed by atoms with Gasteiger partial charge in [-0.15, -0.1) is 13.2 Å².